The maximum atomic E-state index is 10.8. The van der Waals surface area contributed by atoms with E-state index in [9.17, 15) is 4.79 Å². The molecule has 0 aliphatic rings. The van der Waals surface area contributed by atoms with Gasteiger partial charge in [0, 0.05) is 25.5 Å². The number of aryl methyl sites for hydroxylation is 1. The maximum absolute atomic E-state index is 10.8. The second-order valence-corrected chi connectivity index (χ2v) is 5.57. The van der Waals surface area contributed by atoms with E-state index in [1.54, 1.807) is 12.3 Å². The quantitative estimate of drug-likeness (QED) is 0.633. The molecule has 2 aromatic rings. The Morgan fingerprint density at radius 1 is 1.46 bits per heavy atom. The van der Waals surface area contributed by atoms with E-state index in [4.69, 9.17) is 26.8 Å². The first-order chi connectivity index (χ1) is 11.6. The van der Waals surface area contributed by atoms with E-state index in [2.05, 4.69) is 10.4 Å². The van der Waals surface area contributed by atoms with Crippen LogP contribution >= 0.6 is 11.6 Å². The molecule has 0 saturated heterocycles. The van der Waals surface area contributed by atoms with Gasteiger partial charge in [-0.1, -0.05) is 11.6 Å². The van der Waals surface area contributed by atoms with Gasteiger partial charge in [0.05, 0.1) is 12.1 Å². The summed E-state index contributed by atoms with van der Waals surface area (Å²) in [6.45, 7) is 2.11. The number of carbonyl (C=O) groups excluding carboxylic acids is 1. The van der Waals surface area contributed by atoms with Gasteiger partial charge in [-0.15, -0.1) is 0 Å². The summed E-state index contributed by atoms with van der Waals surface area (Å²) in [5.74, 6) is 0.216. The third kappa shape index (κ3) is 5.43. The number of methoxy groups -OCH3 is 1. The Morgan fingerprint density at radius 2 is 2.29 bits per heavy atom. The van der Waals surface area contributed by atoms with Gasteiger partial charge in [-0.05, 0) is 36.7 Å². The summed E-state index contributed by atoms with van der Waals surface area (Å²) >= 11 is 6.21. The zero-order valence-corrected chi connectivity index (χ0v) is 14.3. The molecule has 0 aliphatic heterocycles. The Kier molecular flexibility index (Phi) is 6.89. The molecule has 130 valence electrons. The molecule has 8 heteroatoms. The van der Waals surface area contributed by atoms with Crippen molar-refractivity contribution in [2.75, 3.05) is 20.3 Å². The molecule has 7 nitrogen and oxygen atoms in total. The van der Waals surface area contributed by atoms with Crippen LogP contribution in [0.2, 0.25) is 5.02 Å². The normalized spacial score (nSPS) is 10.6. The molecule has 0 atom stereocenters. The van der Waals surface area contributed by atoms with Crippen molar-refractivity contribution in [2.45, 2.75) is 19.5 Å². The Morgan fingerprint density at radius 3 is 2.96 bits per heavy atom. The minimum absolute atomic E-state index is 0.249. The Labute approximate surface area is 145 Å². The van der Waals surface area contributed by atoms with Crippen LogP contribution in [0.25, 0.3) is 0 Å². The summed E-state index contributed by atoms with van der Waals surface area (Å²) < 4.78 is 12.5. The standard InChI is InChI=1S/C16H21ClN4O3/c1-23-14-9-12(8-13(17)16(14)24-11-15(18)22)10-19-4-2-6-21-7-3-5-20-21/h3,5,7-9,19H,2,4,6,10-11H2,1H3,(H2,18,22). The van der Waals surface area contributed by atoms with Crippen LogP contribution in [0.15, 0.2) is 30.6 Å². The van der Waals surface area contributed by atoms with Crippen LogP contribution in [0.3, 0.4) is 0 Å². The molecule has 0 radical (unpaired) electrons. The summed E-state index contributed by atoms with van der Waals surface area (Å²) in [6, 6.07) is 5.51. The number of benzene rings is 1. The molecule has 0 spiro atoms. The summed E-state index contributed by atoms with van der Waals surface area (Å²) in [6.07, 6.45) is 4.67. The van der Waals surface area contributed by atoms with Crippen molar-refractivity contribution in [3.63, 3.8) is 0 Å². The van der Waals surface area contributed by atoms with Crippen molar-refractivity contribution < 1.29 is 14.3 Å². The van der Waals surface area contributed by atoms with Gasteiger partial charge in [-0.2, -0.15) is 5.10 Å². The lowest BCUT2D eigenvalue weighted by molar-refractivity contribution is -0.119. The molecule has 0 unspecified atom stereocenters. The van der Waals surface area contributed by atoms with E-state index in [0.29, 0.717) is 23.1 Å². The first-order valence-electron chi connectivity index (χ1n) is 7.56. The van der Waals surface area contributed by atoms with Crippen LogP contribution in [0, 0.1) is 0 Å². The fourth-order valence-corrected chi connectivity index (χ4v) is 2.48. The summed E-state index contributed by atoms with van der Waals surface area (Å²) in [7, 11) is 1.52. The van der Waals surface area contributed by atoms with E-state index < -0.39 is 5.91 Å². The number of aromatic nitrogens is 2. The molecular weight excluding hydrogens is 332 g/mol. The van der Waals surface area contributed by atoms with E-state index in [1.807, 2.05) is 23.0 Å². The highest BCUT2D eigenvalue weighted by molar-refractivity contribution is 6.32. The molecule has 0 bridgehead atoms. The van der Waals surface area contributed by atoms with Crippen molar-refractivity contribution in [3.05, 3.63) is 41.2 Å². The van der Waals surface area contributed by atoms with Crippen LogP contribution in [0.1, 0.15) is 12.0 Å². The number of hydrogen-bond donors (Lipinski definition) is 2. The van der Waals surface area contributed by atoms with Gasteiger partial charge in [0.15, 0.2) is 18.1 Å². The van der Waals surface area contributed by atoms with Gasteiger partial charge < -0.3 is 20.5 Å². The van der Waals surface area contributed by atoms with Crippen molar-refractivity contribution in [2.24, 2.45) is 5.73 Å². The Hall–Kier alpha value is -2.25. The molecule has 0 fully saturated rings. The molecular formula is C16H21ClN4O3. The van der Waals surface area contributed by atoms with Crippen molar-refractivity contribution in [3.8, 4) is 11.5 Å². The summed E-state index contributed by atoms with van der Waals surface area (Å²) in [5.41, 5.74) is 6.04. The zero-order valence-electron chi connectivity index (χ0n) is 13.5. The van der Waals surface area contributed by atoms with Gasteiger partial charge >= 0.3 is 0 Å². The molecule has 1 aromatic heterocycles. The third-order valence-corrected chi connectivity index (χ3v) is 3.56. The predicted octanol–water partition coefficient (Wildman–Crippen LogP) is 1.59. The SMILES string of the molecule is COc1cc(CNCCCn2cccn2)cc(Cl)c1OCC(N)=O. The molecule has 3 N–H and O–H groups in total. The molecule has 1 aromatic carbocycles. The van der Waals surface area contributed by atoms with Crippen LogP contribution in [-0.2, 0) is 17.9 Å². The summed E-state index contributed by atoms with van der Waals surface area (Å²) in [4.78, 5) is 10.8. The number of halogens is 1. The number of rotatable bonds is 10. The van der Waals surface area contributed by atoms with Crippen LogP contribution in [-0.4, -0.2) is 35.9 Å². The lowest BCUT2D eigenvalue weighted by atomic mass is 10.2. The maximum Gasteiger partial charge on any atom is 0.255 e. The van der Waals surface area contributed by atoms with Crippen LogP contribution in [0.5, 0.6) is 11.5 Å². The van der Waals surface area contributed by atoms with Crippen molar-refractivity contribution in [1.82, 2.24) is 15.1 Å². The van der Waals surface area contributed by atoms with Gasteiger partial charge in [-0.25, -0.2) is 0 Å². The number of nitrogens with two attached hydrogens (primary N) is 1. The second-order valence-electron chi connectivity index (χ2n) is 5.16. The van der Waals surface area contributed by atoms with Gasteiger partial charge in [0.1, 0.15) is 0 Å². The van der Waals surface area contributed by atoms with Gasteiger partial charge in [0.25, 0.3) is 5.91 Å². The molecule has 24 heavy (non-hydrogen) atoms. The van der Waals surface area contributed by atoms with E-state index in [1.165, 1.54) is 7.11 Å². The highest BCUT2D eigenvalue weighted by atomic mass is 35.5. The Balaban J connectivity index is 1.86. The smallest absolute Gasteiger partial charge is 0.255 e. The minimum Gasteiger partial charge on any atom is -0.493 e. The monoisotopic (exact) mass is 352 g/mol. The van der Waals surface area contributed by atoms with Crippen molar-refractivity contribution >= 4 is 17.5 Å². The largest absolute Gasteiger partial charge is 0.493 e. The van der Waals surface area contributed by atoms with Crippen molar-refractivity contribution in [1.29, 1.82) is 0 Å². The zero-order chi connectivity index (χ0) is 17.4. The second kappa shape index (κ2) is 9.14. The molecule has 0 aliphatic carbocycles. The van der Waals surface area contributed by atoms with E-state index >= 15 is 0 Å². The molecule has 0 saturated carbocycles. The lowest BCUT2D eigenvalue weighted by Gasteiger charge is -2.13. The summed E-state index contributed by atoms with van der Waals surface area (Å²) in [5, 5.41) is 7.87. The number of hydrogen-bond acceptors (Lipinski definition) is 5. The number of nitrogens with zero attached hydrogens (tertiary/aromatic N) is 2. The van der Waals surface area contributed by atoms with Crippen LogP contribution < -0.4 is 20.5 Å². The number of primary amides is 1. The molecule has 2 rings (SSSR count). The molecule has 1 heterocycles. The fourth-order valence-electron chi connectivity index (χ4n) is 2.19. The van der Waals surface area contributed by atoms with E-state index in [-0.39, 0.29) is 6.61 Å². The van der Waals surface area contributed by atoms with Gasteiger partial charge in [-0.3, -0.25) is 9.48 Å². The minimum atomic E-state index is -0.573. The average Bonchev–Trinajstić information content (AvgIpc) is 3.06. The highest BCUT2D eigenvalue weighted by Gasteiger charge is 2.13. The number of ether oxygens (including phenoxy) is 2. The first kappa shape index (κ1) is 18.1. The van der Waals surface area contributed by atoms with Gasteiger partial charge in [0.2, 0.25) is 0 Å². The predicted molar refractivity (Wildman–Crippen MR) is 91.2 cm³/mol. The average molecular weight is 353 g/mol. The highest BCUT2D eigenvalue weighted by Crippen LogP contribution is 2.36. The fraction of sp³-hybridized carbons (Fsp3) is 0.375. The van der Waals surface area contributed by atoms with Crippen LogP contribution in [0.4, 0.5) is 0 Å². The topological polar surface area (TPSA) is 91.4 Å². The molecule has 1 amide bonds. The third-order valence-electron chi connectivity index (χ3n) is 3.28. The lowest BCUT2D eigenvalue weighted by Crippen LogP contribution is -2.20. The first-order valence-corrected chi connectivity index (χ1v) is 7.93. The number of carbonyl (C=O) groups is 1. The Bertz CT molecular complexity index is 662. The number of amides is 1. The number of nitrogens with one attached hydrogen (secondary N) is 1. The van der Waals surface area contributed by atoms with E-state index in [0.717, 1.165) is 25.1 Å².